The molecule has 3 aromatic rings. The molecule has 0 heterocycles. The predicted octanol–water partition coefficient (Wildman–Crippen LogP) is 5.73. The van der Waals surface area contributed by atoms with Crippen molar-refractivity contribution in [3.63, 3.8) is 0 Å². The van der Waals surface area contributed by atoms with Gasteiger partial charge in [0.15, 0.2) is 0 Å². The highest BCUT2D eigenvalue weighted by Crippen LogP contribution is 2.37. The third-order valence-corrected chi connectivity index (χ3v) is 4.95. The monoisotopic (exact) mass is 424 g/mol. The van der Waals surface area contributed by atoms with Crippen molar-refractivity contribution in [1.82, 2.24) is 0 Å². The quantitative estimate of drug-likeness (QED) is 0.352. The van der Waals surface area contributed by atoms with Gasteiger partial charge in [0.1, 0.15) is 11.3 Å². The molecule has 0 radical (unpaired) electrons. The van der Waals surface area contributed by atoms with Crippen molar-refractivity contribution in [3.8, 4) is 16.9 Å². The van der Waals surface area contributed by atoms with E-state index < -0.39 is 5.97 Å². The molecule has 0 saturated carbocycles. The number of hydrogen-bond acceptors (Lipinski definition) is 4. The van der Waals surface area contributed by atoms with Crippen LogP contribution in [-0.4, -0.2) is 23.6 Å². The van der Waals surface area contributed by atoms with Crippen LogP contribution in [0, 0.1) is 0 Å². The lowest BCUT2D eigenvalue weighted by atomic mass is 9.88. The lowest BCUT2D eigenvalue weighted by molar-refractivity contribution is 0.0523. The van der Waals surface area contributed by atoms with Gasteiger partial charge < -0.3 is 14.6 Å². The normalized spacial score (nSPS) is 10.7. The number of alkyl halides is 1. The molecule has 0 aliphatic rings. The van der Waals surface area contributed by atoms with E-state index in [1.165, 1.54) is 0 Å². The van der Waals surface area contributed by atoms with Gasteiger partial charge in [-0.2, -0.15) is 0 Å². The number of halogens is 1. The molecular weight excluding hydrogens is 400 g/mol. The van der Waals surface area contributed by atoms with Crippen LogP contribution in [0.25, 0.3) is 11.1 Å². The number of esters is 1. The molecule has 0 unspecified atom stereocenters. The standard InChI is InChI=1S/C25H25ClO4/c1-2-30-25(28)24-22(27)15-20(17-29-16-18-9-5-3-6-10-18)21(13-14-26)23(24)19-11-7-4-8-12-19/h3-12,15,27H,2,13-14,16-17H2,1H3. The second kappa shape index (κ2) is 10.8. The van der Waals surface area contributed by atoms with Crippen LogP contribution in [0.15, 0.2) is 66.7 Å². The zero-order chi connectivity index (χ0) is 21.3. The van der Waals surface area contributed by atoms with Crippen LogP contribution < -0.4 is 0 Å². The highest BCUT2D eigenvalue weighted by Gasteiger charge is 2.24. The fraction of sp³-hybridized carbons (Fsp3) is 0.240. The van der Waals surface area contributed by atoms with Crippen LogP contribution in [0.3, 0.4) is 0 Å². The molecular formula is C25H25ClO4. The number of phenolic OH excluding ortho intramolecular Hbond substituents is 1. The Hall–Kier alpha value is -2.82. The van der Waals surface area contributed by atoms with Gasteiger partial charge in [0.05, 0.1) is 19.8 Å². The number of benzene rings is 3. The number of aromatic hydroxyl groups is 1. The first-order valence-corrected chi connectivity index (χ1v) is 10.5. The number of ether oxygens (including phenoxy) is 2. The molecule has 30 heavy (non-hydrogen) atoms. The topological polar surface area (TPSA) is 55.8 Å². The Balaban J connectivity index is 2.04. The summed E-state index contributed by atoms with van der Waals surface area (Å²) >= 11 is 6.11. The lowest BCUT2D eigenvalue weighted by Gasteiger charge is -2.20. The molecule has 0 atom stereocenters. The molecule has 156 valence electrons. The van der Waals surface area contributed by atoms with Crippen molar-refractivity contribution >= 4 is 17.6 Å². The number of phenols is 1. The smallest absolute Gasteiger partial charge is 0.342 e. The van der Waals surface area contributed by atoms with Crippen LogP contribution in [-0.2, 0) is 29.1 Å². The maximum Gasteiger partial charge on any atom is 0.342 e. The molecule has 0 aliphatic carbocycles. The van der Waals surface area contributed by atoms with Gasteiger partial charge in [-0.05, 0) is 41.7 Å². The van der Waals surface area contributed by atoms with Crippen molar-refractivity contribution in [3.05, 3.63) is 89.0 Å². The summed E-state index contributed by atoms with van der Waals surface area (Å²) in [5.41, 5.74) is 4.37. The summed E-state index contributed by atoms with van der Waals surface area (Å²) in [6, 6.07) is 21.0. The molecule has 1 N–H and O–H groups in total. The van der Waals surface area contributed by atoms with Crippen molar-refractivity contribution in [2.75, 3.05) is 12.5 Å². The first-order valence-electron chi connectivity index (χ1n) is 9.93. The average molecular weight is 425 g/mol. The zero-order valence-electron chi connectivity index (χ0n) is 16.9. The van der Waals surface area contributed by atoms with E-state index in [0.29, 0.717) is 24.5 Å². The number of rotatable bonds is 9. The van der Waals surface area contributed by atoms with Gasteiger partial charge >= 0.3 is 5.97 Å². The van der Waals surface area contributed by atoms with E-state index in [1.54, 1.807) is 13.0 Å². The van der Waals surface area contributed by atoms with Gasteiger partial charge in [-0.1, -0.05) is 60.7 Å². The van der Waals surface area contributed by atoms with Crippen LogP contribution in [0.5, 0.6) is 5.75 Å². The van der Waals surface area contributed by atoms with Crippen molar-refractivity contribution in [2.45, 2.75) is 26.6 Å². The largest absolute Gasteiger partial charge is 0.507 e. The summed E-state index contributed by atoms with van der Waals surface area (Å²) in [5, 5.41) is 10.8. The number of hydrogen-bond donors (Lipinski definition) is 1. The summed E-state index contributed by atoms with van der Waals surface area (Å²) in [7, 11) is 0. The van der Waals surface area contributed by atoms with Gasteiger partial charge in [-0.15, -0.1) is 11.6 Å². The summed E-state index contributed by atoms with van der Waals surface area (Å²) in [6.45, 7) is 2.70. The summed E-state index contributed by atoms with van der Waals surface area (Å²) < 4.78 is 11.1. The third kappa shape index (κ3) is 5.21. The van der Waals surface area contributed by atoms with E-state index in [9.17, 15) is 9.90 Å². The molecule has 5 heteroatoms. The van der Waals surface area contributed by atoms with Crippen molar-refractivity contribution in [1.29, 1.82) is 0 Å². The SMILES string of the molecule is CCOC(=O)c1c(O)cc(COCc2ccccc2)c(CCCl)c1-c1ccccc1. The molecule has 0 saturated heterocycles. The third-order valence-electron chi connectivity index (χ3n) is 4.76. The molecule has 0 aliphatic heterocycles. The second-order valence-electron chi connectivity index (χ2n) is 6.79. The molecule has 4 nitrogen and oxygen atoms in total. The Bertz CT molecular complexity index is 971. The zero-order valence-corrected chi connectivity index (χ0v) is 17.7. The number of carbonyl (C=O) groups excluding carboxylic acids is 1. The summed E-state index contributed by atoms with van der Waals surface area (Å²) in [4.78, 5) is 12.7. The molecule has 3 rings (SSSR count). The van der Waals surface area contributed by atoms with Crippen molar-refractivity contribution < 1.29 is 19.4 Å². The van der Waals surface area contributed by atoms with Gasteiger partial charge in [0, 0.05) is 11.4 Å². The van der Waals surface area contributed by atoms with E-state index in [-0.39, 0.29) is 24.5 Å². The van der Waals surface area contributed by atoms with Gasteiger partial charge in [0.2, 0.25) is 0 Å². The van der Waals surface area contributed by atoms with E-state index in [1.807, 2.05) is 60.7 Å². The maximum absolute atomic E-state index is 12.7. The highest BCUT2D eigenvalue weighted by molar-refractivity contribution is 6.18. The second-order valence-corrected chi connectivity index (χ2v) is 7.17. The fourth-order valence-electron chi connectivity index (χ4n) is 3.46. The lowest BCUT2D eigenvalue weighted by Crippen LogP contribution is -2.11. The van der Waals surface area contributed by atoms with Crippen LogP contribution in [0.4, 0.5) is 0 Å². The fourth-order valence-corrected chi connectivity index (χ4v) is 3.65. The van der Waals surface area contributed by atoms with Gasteiger partial charge in [0.25, 0.3) is 0 Å². The Labute approximate surface area is 182 Å². The number of carbonyl (C=O) groups is 1. The Morgan fingerprint density at radius 2 is 1.67 bits per heavy atom. The molecule has 0 fully saturated rings. The van der Waals surface area contributed by atoms with E-state index in [0.717, 1.165) is 22.3 Å². The van der Waals surface area contributed by atoms with Crippen LogP contribution in [0.2, 0.25) is 0 Å². The minimum atomic E-state index is -0.554. The molecule has 0 amide bonds. The Morgan fingerprint density at radius 3 is 2.30 bits per heavy atom. The molecule has 0 spiro atoms. The maximum atomic E-state index is 12.7. The Kier molecular flexibility index (Phi) is 7.89. The van der Waals surface area contributed by atoms with E-state index in [2.05, 4.69) is 0 Å². The van der Waals surface area contributed by atoms with Gasteiger partial charge in [-0.3, -0.25) is 0 Å². The van der Waals surface area contributed by atoms with Crippen LogP contribution >= 0.6 is 11.6 Å². The van der Waals surface area contributed by atoms with Gasteiger partial charge in [-0.25, -0.2) is 4.79 Å². The summed E-state index contributed by atoms with van der Waals surface area (Å²) in [6.07, 6.45) is 0.530. The van der Waals surface area contributed by atoms with E-state index in [4.69, 9.17) is 21.1 Å². The minimum Gasteiger partial charge on any atom is -0.507 e. The molecule has 0 aromatic heterocycles. The summed E-state index contributed by atoms with van der Waals surface area (Å²) in [5.74, 6) is -0.302. The Morgan fingerprint density at radius 1 is 1.00 bits per heavy atom. The van der Waals surface area contributed by atoms with Crippen molar-refractivity contribution in [2.24, 2.45) is 0 Å². The minimum absolute atomic E-state index is 0.121. The average Bonchev–Trinajstić information content (AvgIpc) is 2.76. The first-order chi connectivity index (χ1) is 14.7. The first kappa shape index (κ1) is 21.9. The molecule has 0 bridgehead atoms. The molecule has 3 aromatic carbocycles. The van der Waals surface area contributed by atoms with E-state index >= 15 is 0 Å². The van der Waals surface area contributed by atoms with Crippen LogP contribution in [0.1, 0.15) is 34.0 Å². The predicted molar refractivity (Wildman–Crippen MR) is 119 cm³/mol. The highest BCUT2D eigenvalue weighted by atomic mass is 35.5.